The van der Waals surface area contributed by atoms with E-state index in [0.29, 0.717) is 18.8 Å². The number of rotatable bonds is 8. The van der Waals surface area contributed by atoms with E-state index in [-0.39, 0.29) is 5.56 Å². The molecule has 1 aromatic carbocycles. The number of hydrogen-bond donors (Lipinski definition) is 2. The summed E-state index contributed by atoms with van der Waals surface area (Å²) in [5, 5.41) is 12.0. The molecule has 0 saturated carbocycles. The molecule has 0 heterocycles. The maximum atomic E-state index is 13.0. The second-order valence-electron chi connectivity index (χ2n) is 4.22. The summed E-state index contributed by atoms with van der Waals surface area (Å²) in [7, 11) is 3.59. The van der Waals surface area contributed by atoms with Crippen LogP contribution in [0.5, 0.6) is 0 Å². The molecule has 5 nitrogen and oxygen atoms in total. The monoisotopic (exact) mass is 270 g/mol. The van der Waals surface area contributed by atoms with Crippen molar-refractivity contribution in [1.82, 2.24) is 4.90 Å². The van der Waals surface area contributed by atoms with Crippen molar-refractivity contribution in [3.63, 3.8) is 0 Å². The molecular weight excluding hydrogens is 251 g/mol. The van der Waals surface area contributed by atoms with Gasteiger partial charge in [0, 0.05) is 32.4 Å². The van der Waals surface area contributed by atoms with Gasteiger partial charge in [0.1, 0.15) is 5.82 Å². The number of nitrogens with one attached hydrogen (secondary N) is 1. The maximum Gasteiger partial charge on any atom is 0.337 e. The Morgan fingerprint density at radius 1 is 1.47 bits per heavy atom. The minimum Gasteiger partial charge on any atom is -0.478 e. The molecule has 2 N–H and O–H groups in total. The quantitative estimate of drug-likeness (QED) is 0.750. The van der Waals surface area contributed by atoms with Gasteiger partial charge in [-0.1, -0.05) is 0 Å². The van der Waals surface area contributed by atoms with Crippen molar-refractivity contribution in [2.45, 2.75) is 0 Å². The number of carbonyl (C=O) groups is 1. The number of anilines is 1. The van der Waals surface area contributed by atoms with Crippen molar-refractivity contribution < 1.29 is 19.0 Å². The molecule has 1 rings (SSSR count). The van der Waals surface area contributed by atoms with Crippen LogP contribution in [0, 0.1) is 5.82 Å². The Morgan fingerprint density at radius 3 is 2.84 bits per heavy atom. The van der Waals surface area contributed by atoms with Crippen molar-refractivity contribution >= 4 is 11.7 Å². The van der Waals surface area contributed by atoms with Gasteiger partial charge in [0.05, 0.1) is 12.2 Å². The lowest BCUT2D eigenvalue weighted by Crippen LogP contribution is -2.28. The second kappa shape index (κ2) is 7.70. The van der Waals surface area contributed by atoms with E-state index in [0.717, 1.165) is 19.2 Å². The van der Waals surface area contributed by atoms with E-state index in [1.165, 1.54) is 12.1 Å². The lowest BCUT2D eigenvalue weighted by molar-refractivity contribution is 0.0697. The molecule has 0 radical (unpaired) electrons. The van der Waals surface area contributed by atoms with Gasteiger partial charge in [-0.05, 0) is 25.2 Å². The maximum absolute atomic E-state index is 13.0. The fourth-order valence-electron chi connectivity index (χ4n) is 1.59. The van der Waals surface area contributed by atoms with Crippen LogP contribution in [0.1, 0.15) is 10.4 Å². The smallest absolute Gasteiger partial charge is 0.337 e. The number of methoxy groups -OCH3 is 1. The molecule has 19 heavy (non-hydrogen) atoms. The first-order valence-electron chi connectivity index (χ1n) is 5.98. The fraction of sp³-hybridized carbons (Fsp3) is 0.462. The van der Waals surface area contributed by atoms with Crippen LogP contribution in [0.4, 0.5) is 10.1 Å². The van der Waals surface area contributed by atoms with E-state index in [2.05, 4.69) is 10.2 Å². The molecule has 0 aliphatic heterocycles. The zero-order valence-corrected chi connectivity index (χ0v) is 11.1. The third-order valence-electron chi connectivity index (χ3n) is 2.70. The number of ether oxygens (including phenoxy) is 1. The topological polar surface area (TPSA) is 61.8 Å². The molecule has 6 heteroatoms. The van der Waals surface area contributed by atoms with E-state index in [1.54, 1.807) is 7.11 Å². The summed E-state index contributed by atoms with van der Waals surface area (Å²) in [4.78, 5) is 13.0. The van der Waals surface area contributed by atoms with Crippen LogP contribution in [0.3, 0.4) is 0 Å². The number of likely N-dealkylation sites (N-methyl/N-ethyl adjacent to an activating group) is 1. The summed E-state index contributed by atoms with van der Waals surface area (Å²) in [5.74, 6) is -1.70. The molecular formula is C13H19FN2O3. The number of hydrogen-bond acceptors (Lipinski definition) is 4. The first-order chi connectivity index (χ1) is 9.04. The van der Waals surface area contributed by atoms with Gasteiger partial charge < -0.3 is 20.1 Å². The molecule has 0 saturated heterocycles. The third-order valence-corrected chi connectivity index (χ3v) is 2.70. The highest BCUT2D eigenvalue weighted by Crippen LogP contribution is 2.16. The number of aromatic carboxylic acids is 1. The molecule has 0 spiro atoms. The summed E-state index contributed by atoms with van der Waals surface area (Å²) in [5.41, 5.74) is 0.369. The van der Waals surface area contributed by atoms with Crippen LogP contribution >= 0.6 is 0 Å². The third kappa shape index (κ3) is 5.23. The summed E-state index contributed by atoms with van der Waals surface area (Å²) >= 11 is 0. The first kappa shape index (κ1) is 15.4. The number of carboxylic acids is 1. The normalized spacial score (nSPS) is 10.7. The standard InChI is InChI=1S/C13H19FN2O3/c1-16(7-8-19-2)6-5-15-12-4-3-10(14)9-11(12)13(17)18/h3-4,9,15H,5-8H2,1-2H3,(H,17,18). The Labute approximate surface area is 112 Å². The first-order valence-corrected chi connectivity index (χ1v) is 5.98. The lowest BCUT2D eigenvalue weighted by atomic mass is 10.1. The Kier molecular flexibility index (Phi) is 6.24. The summed E-state index contributed by atoms with van der Waals surface area (Å²) in [6, 6.07) is 3.69. The van der Waals surface area contributed by atoms with Gasteiger partial charge in [-0.25, -0.2) is 9.18 Å². The minimum atomic E-state index is -1.14. The Morgan fingerprint density at radius 2 is 2.21 bits per heavy atom. The zero-order chi connectivity index (χ0) is 14.3. The van der Waals surface area contributed by atoms with Gasteiger partial charge in [-0.3, -0.25) is 0 Å². The molecule has 0 amide bonds. The Hall–Kier alpha value is -1.66. The van der Waals surface area contributed by atoms with E-state index < -0.39 is 11.8 Å². The molecule has 0 bridgehead atoms. The number of carboxylic acid groups (broad SMARTS) is 1. The van der Waals surface area contributed by atoms with Crippen LogP contribution in [0.25, 0.3) is 0 Å². The number of halogens is 1. The van der Waals surface area contributed by atoms with Crippen LogP contribution in [-0.4, -0.2) is 56.4 Å². The average molecular weight is 270 g/mol. The van der Waals surface area contributed by atoms with Crippen molar-refractivity contribution in [3.05, 3.63) is 29.6 Å². The van der Waals surface area contributed by atoms with Crippen LogP contribution in [-0.2, 0) is 4.74 Å². The molecule has 1 aromatic rings. The molecule has 0 fully saturated rings. The van der Waals surface area contributed by atoms with E-state index in [9.17, 15) is 9.18 Å². The highest BCUT2D eigenvalue weighted by molar-refractivity contribution is 5.94. The van der Waals surface area contributed by atoms with Gasteiger partial charge in [-0.2, -0.15) is 0 Å². The zero-order valence-electron chi connectivity index (χ0n) is 11.1. The fourth-order valence-corrected chi connectivity index (χ4v) is 1.59. The van der Waals surface area contributed by atoms with Gasteiger partial charge in [0.25, 0.3) is 0 Å². The molecule has 0 unspecified atom stereocenters. The molecule has 106 valence electrons. The van der Waals surface area contributed by atoms with Crippen LogP contribution < -0.4 is 5.32 Å². The molecule has 0 aliphatic rings. The van der Waals surface area contributed by atoms with Gasteiger partial charge in [0.2, 0.25) is 0 Å². The highest BCUT2D eigenvalue weighted by Gasteiger charge is 2.10. The average Bonchev–Trinajstić information content (AvgIpc) is 2.37. The predicted octanol–water partition coefficient (Wildman–Crippen LogP) is 1.51. The lowest BCUT2D eigenvalue weighted by Gasteiger charge is -2.17. The van der Waals surface area contributed by atoms with Crippen molar-refractivity contribution in [2.24, 2.45) is 0 Å². The van der Waals surface area contributed by atoms with Gasteiger partial charge in [0.15, 0.2) is 0 Å². The number of nitrogens with zero attached hydrogens (tertiary/aromatic N) is 1. The summed E-state index contributed by atoms with van der Waals surface area (Å²) in [6.07, 6.45) is 0. The predicted molar refractivity (Wildman–Crippen MR) is 71.2 cm³/mol. The van der Waals surface area contributed by atoms with E-state index in [1.807, 2.05) is 7.05 Å². The van der Waals surface area contributed by atoms with E-state index in [4.69, 9.17) is 9.84 Å². The van der Waals surface area contributed by atoms with Gasteiger partial charge >= 0.3 is 5.97 Å². The van der Waals surface area contributed by atoms with E-state index >= 15 is 0 Å². The Bertz CT molecular complexity index is 426. The largest absolute Gasteiger partial charge is 0.478 e. The second-order valence-corrected chi connectivity index (χ2v) is 4.22. The molecule has 0 aromatic heterocycles. The van der Waals surface area contributed by atoms with Crippen molar-refractivity contribution in [1.29, 1.82) is 0 Å². The summed E-state index contributed by atoms with van der Waals surface area (Å²) in [6.45, 7) is 2.76. The Balaban J connectivity index is 2.51. The van der Waals surface area contributed by atoms with Gasteiger partial charge in [-0.15, -0.1) is 0 Å². The van der Waals surface area contributed by atoms with Crippen molar-refractivity contribution in [2.75, 3.05) is 45.7 Å². The minimum absolute atomic E-state index is 0.0560. The summed E-state index contributed by atoms with van der Waals surface area (Å²) < 4.78 is 17.9. The van der Waals surface area contributed by atoms with Crippen LogP contribution in [0.15, 0.2) is 18.2 Å². The highest BCUT2D eigenvalue weighted by atomic mass is 19.1. The number of benzene rings is 1. The van der Waals surface area contributed by atoms with Crippen LogP contribution in [0.2, 0.25) is 0 Å². The molecule has 0 aliphatic carbocycles. The molecule has 0 atom stereocenters. The van der Waals surface area contributed by atoms with Crippen molar-refractivity contribution in [3.8, 4) is 0 Å². The SMILES string of the molecule is COCCN(C)CCNc1ccc(F)cc1C(=O)O.